The van der Waals surface area contributed by atoms with Crippen LogP contribution >= 0.6 is 0 Å². The molecule has 6 nitrogen and oxygen atoms in total. The van der Waals surface area contributed by atoms with E-state index in [2.05, 4.69) is 4.74 Å². The first kappa shape index (κ1) is 12.4. The molecular formula is C12H14N2O4. The zero-order valence-electron chi connectivity index (χ0n) is 9.91. The minimum Gasteiger partial charge on any atom is -0.468 e. The van der Waals surface area contributed by atoms with Crippen LogP contribution in [0.15, 0.2) is 28.9 Å². The van der Waals surface area contributed by atoms with E-state index in [-0.39, 0.29) is 18.5 Å². The van der Waals surface area contributed by atoms with Crippen molar-refractivity contribution in [3.05, 3.63) is 30.2 Å². The summed E-state index contributed by atoms with van der Waals surface area (Å²) in [7, 11) is 1.28. The van der Waals surface area contributed by atoms with Gasteiger partial charge in [-0.15, -0.1) is 0 Å². The Bertz CT molecular complexity index is 466. The summed E-state index contributed by atoms with van der Waals surface area (Å²) < 4.78 is 9.65. The first-order valence-corrected chi connectivity index (χ1v) is 5.48. The van der Waals surface area contributed by atoms with Crippen LogP contribution < -0.4 is 5.73 Å². The van der Waals surface area contributed by atoms with Crippen molar-refractivity contribution in [2.45, 2.75) is 12.1 Å². The molecule has 0 saturated carbocycles. The molecule has 1 fully saturated rings. The van der Waals surface area contributed by atoms with Crippen molar-refractivity contribution >= 4 is 18.0 Å². The number of hydrogen-bond donors (Lipinski definition) is 1. The van der Waals surface area contributed by atoms with E-state index >= 15 is 0 Å². The Morgan fingerprint density at radius 2 is 2.44 bits per heavy atom. The average Bonchev–Trinajstić information content (AvgIpc) is 2.89. The fourth-order valence-electron chi connectivity index (χ4n) is 1.79. The highest BCUT2D eigenvalue weighted by Gasteiger charge is 2.44. The maximum atomic E-state index is 11.5. The maximum absolute atomic E-state index is 11.5. The smallest absolute Gasteiger partial charge is 0.325 e. The van der Waals surface area contributed by atoms with E-state index in [0.29, 0.717) is 5.76 Å². The zero-order valence-corrected chi connectivity index (χ0v) is 9.91. The van der Waals surface area contributed by atoms with Crippen molar-refractivity contribution in [1.29, 1.82) is 0 Å². The van der Waals surface area contributed by atoms with Crippen molar-refractivity contribution in [1.82, 2.24) is 4.90 Å². The molecule has 0 radical (unpaired) electrons. The van der Waals surface area contributed by atoms with Gasteiger partial charge in [0, 0.05) is 0 Å². The van der Waals surface area contributed by atoms with Crippen LogP contribution in [0.1, 0.15) is 5.76 Å². The van der Waals surface area contributed by atoms with Crippen molar-refractivity contribution in [2.24, 2.45) is 5.73 Å². The molecule has 1 amide bonds. The predicted molar refractivity (Wildman–Crippen MR) is 63.2 cm³/mol. The average molecular weight is 250 g/mol. The number of esters is 1. The summed E-state index contributed by atoms with van der Waals surface area (Å²) in [4.78, 5) is 24.0. The fourth-order valence-corrected chi connectivity index (χ4v) is 1.79. The molecule has 1 aromatic rings. The number of ether oxygens (including phenoxy) is 1. The SMILES string of the molecule is COC(=O)CN1C(=O)[C@@H](N)[C@H]1C=Cc1ccco1. The zero-order chi connectivity index (χ0) is 13.1. The van der Waals surface area contributed by atoms with Crippen molar-refractivity contribution in [3.63, 3.8) is 0 Å². The van der Waals surface area contributed by atoms with Gasteiger partial charge in [-0.1, -0.05) is 6.08 Å². The molecule has 18 heavy (non-hydrogen) atoms. The van der Waals surface area contributed by atoms with Gasteiger partial charge in [-0.3, -0.25) is 9.59 Å². The highest BCUT2D eigenvalue weighted by molar-refractivity contribution is 5.93. The molecule has 1 saturated heterocycles. The van der Waals surface area contributed by atoms with E-state index in [1.807, 2.05) is 0 Å². The van der Waals surface area contributed by atoms with Gasteiger partial charge in [0.15, 0.2) is 0 Å². The molecule has 2 rings (SSSR count). The second-order valence-corrected chi connectivity index (χ2v) is 3.93. The predicted octanol–water partition coefficient (Wildman–Crippen LogP) is 0.00390. The Hall–Kier alpha value is -2.08. The largest absolute Gasteiger partial charge is 0.468 e. The lowest BCUT2D eigenvalue weighted by Crippen LogP contribution is -2.68. The van der Waals surface area contributed by atoms with Crippen LogP contribution in [0.4, 0.5) is 0 Å². The summed E-state index contributed by atoms with van der Waals surface area (Å²) in [6, 6.07) is 2.63. The van der Waals surface area contributed by atoms with Gasteiger partial charge in [0.25, 0.3) is 0 Å². The normalized spacial score (nSPS) is 23.2. The molecule has 0 aromatic carbocycles. The Morgan fingerprint density at radius 3 is 3.06 bits per heavy atom. The Morgan fingerprint density at radius 1 is 1.67 bits per heavy atom. The second-order valence-electron chi connectivity index (χ2n) is 3.93. The van der Waals surface area contributed by atoms with Crippen molar-refractivity contribution in [2.75, 3.05) is 13.7 Å². The third-order valence-corrected chi connectivity index (χ3v) is 2.82. The van der Waals surface area contributed by atoms with Crippen molar-refractivity contribution in [3.8, 4) is 0 Å². The number of nitrogens with two attached hydrogens (primary N) is 1. The number of nitrogens with zero attached hydrogens (tertiary/aromatic N) is 1. The van der Waals surface area contributed by atoms with Gasteiger partial charge in [0.05, 0.1) is 19.4 Å². The van der Waals surface area contributed by atoms with Crippen LogP contribution in [0.25, 0.3) is 6.08 Å². The summed E-state index contributed by atoms with van der Waals surface area (Å²) in [5.41, 5.74) is 5.69. The third-order valence-electron chi connectivity index (χ3n) is 2.82. The summed E-state index contributed by atoms with van der Waals surface area (Å²) in [6.45, 7) is -0.0871. The molecular weight excluding hydrogens is 236 g/mol. The van der Waals surface area contributed by atoms with E-state index in [4.69, 9.17) is 10.2 Å². The Labute approximate surface area is 104 Å². The monoisotopic (exact) mass is 250 g/mol. The van der Waals surface area contributed by atoms with Gasteiger partial charge in [0.2, 0.25) is 5.91 Å². The van der Waals surface area contributed by atoms with Gasteiger partial charge >= 0.3 is 5.97 Å². The lowest BCUT2D eigenvalue weighted by Gasteiger charge is -2.43. The number of likely N-dealkylation sites (tertiary alicyclic amines) is 1. The summed E-state index contributed by atoms with van der Waals surface area (Å²) in [5, 5.41) is 0. The minimum absolute atomic E-state index is 0.0871. The summed E-state index contributed by atoms with van der Waals surface area (Å²) >= 11 is 0. The number of carbonyl (C=O) groups is 2. The van der Waals surface area contributed by atoms with Crippen LogP contribution in [-0.2, 0) is 14.3 Å². The molecule has 2 N–H and O–H groups in total. The highest BCUT2D eigenvalue weighted by atomic mass is 16.5. The molecule has 6 heteroatoms. The Balaban J connectivity index is 2.02. The summed E-state index contributed by atoms with van der Waals surface area (Å²) in [5.74, 6) is -0.0549. The van der Waals surface area contributed by atoms with E-state index in [1.165, 1.54) is 12.0 Å². The van der Waals surface area contributed by atoms with Gasteiger partial charge < -0.3 is 19.8 Å². The van der Waals surface area contributed by atoms with Gasteiger partial charge in [-0.25, -0.2) is 0 Å². The van der Waals surface area contributed by atoms with Gasteiger partial charge in [-0.05, 0) is 18.2 Å². The molecule has 0 unspecified atom stereocenters. The lowest BCUT2D eigenvalue weighted by atomic mass is 9.95. The number of furan rings is 1. The molecule has 96 valence electrons. The van der Waals surface area contributed by atoms with Crippen LogP contribution in [0, 0.1) is 0 Å². The standard InChI is InChI=1S/C12H14N2O4/c1-17-10(15)7-14-9(11(13)12(14)16)5-4-8-3-2-6-18-8/h2-6,9,11H,7,13H2,1H3/t9-,11+/m1/s1. The number of β-lactam (4-membered cyclic amide) rings is 1. The molecule has 1 aromatic heterocycles. The van der Waals surface area contributed by atoms with E-state index < -0.39 is 12.0 Å². The maximum Gasteiger partial charge on any atom is 0.325 e. The minimum atomic E-state index is -0.610. The van der Waals surface area contributed by atoms with Crippen LogP contribution in [0.3, 0.4) is 0 Å². The quantitative estimate of drug-likeness (QED) is 0.600. The number of amides is 1. The number of rotatable bonds is 4. The van der Waals surface area contributed by atoms with Crippen LogP contribution in [0.5, 0.6) is 0 Å². The van der Waals surface area contributed by atoms with E-state index in [9.17, 15) is 9.59 Å². The summed E-state index contributed by atoms with van der Waals surface area (Å²) in [6.07, 6.45) is 5.02. The number of methoxy groups -OCH3 is 1. The molecule has 0 spiro atoms. The number of carbonyl (C=O) groups excluding carboxylic acids is 2. The molecule has 2 heterocycles. The fraction of sp³-hybridized carbons (Fsp3) is 0.333. The lowest BCUT2D eigenvalue weighted by molar-refractivity contribution is -0.156. The first-order valence-electron chi connectivity index (χ1n) is 5.48. The third kappa shape index (κ3) is 2.28. The van der Waals surface area contributed by atoms with E-state index in [1.54, 1.807) is 30.5 Å². The highest BCUT2D eigenvalue weighted by Crippen LogP contribution is 2.20. The second kappa shape index (κ2) is 5.05. The number of hydrogen-bond acceptors (Lipinski definition) is 5. The first-order chi connectivity index (χ1) is 8.63. The van der Waals surface area contributed by atoms with Crippen LogP contribution in [0.2, 0.25) is 0 Å². The van der Waals surface area contributed by atoms with Gasteiger partial charge in [-0.2, -0.15) is 0 Å². The molecule has 1 aliphatic heterocycles. The molecule has 0 aliphatic carbocycles. The topological polar surface area (TPSA) is 85.8 Å². The molecule has 0 bridgehead atoms. The van der Waals surface area contributed by atoms with Crippen molar-refractivity contribution < 1.29 is 18.7 Å². The van der Waals surface area contributed by atoms with Gasteiger partial charge in [0.1, 0.15) is 18.3 Å². The molecule has 1 aliphatic rings. The molecule has 2 atom stereocenters. The van der Waals surface area contributed by atoms with Crippen LogP contribution in [-0.4, -0.2) is 42.5 Å². The Kier molecular flexibility index (Phi) is 3.47. The van der Waals surface area contributed by atoms with E-state index in [0.717, 1.165) is 0 Å².